The Balaban J connectivity index is 2.13. The van der Waals surface area contributed by atoms with E-state index in [0.29, 0.717) is 5.88 Å². The van der Waals surface area contributed by atoms with Crippen molar-refractivity contribution >= 4 is 15.9 Å². The van der Waals surface area contributed by atoms with E-state index in [2.05, 4.69) is 39.2 Å². The molecule has 1 aromatic heterocycles. The van der Waals surface area contributed by atoms with Crippen molar-refractivity contribution in [3.05, 3.63) is 52.1 Å². The lowest BCUT2D eigenvalue weighted by atomic mass is 10.2. The first-order valence-electron chi connectivity index (χ1n) is 6.79. The summed E-state index contributed by atoms with van der Waals surface area (Å²) in [4.78, 5) is 4.43. The molecule has 0 spiro atoms. The Morgan fingerprint density at radius 3 is 2.80 bits per heavy atom. The van der Waals surface area contributed by atoms with E-state index in [1.54, 1.807) is 0 Å². The minimum atomic E-state index is 0.630. The van der Waals surface area contributed by atoms with E-state index in [0.717, 1.165) is 35.4 Å². The van der Waals surface area contributed by atoms with Crippen LogP contribution in [0.1, 0.15) is 24.6 Å². The number of aryl methyl sites for hydroxylation is 1. The van der Waals surface area contributed by atoms with Crippen LogP contribution in [0, 0.1) is 6.92 Å². The number of hydrogen-bond donors (Lipinski definition) is 1. The molecule has 1 heterocycles. The normalized spacial score (nSPS) is 10.6. The van der Waals surface area contributed by atoms with Gasteiger partial charge in [-0.2, -0.15) is 0 Å². The molecule has 1 aromatic carbocycles. The molecule has 0 saturated carbocycles. The first-order valence-corrected chi connectivity index (χ1v) is 7.59. The van der Waals surface area contributed by atoms with Crippen LogP contribution < -0.4 is 10.1 Å². The number of para-hydroxylation sites is 1. The molecule has 0 saturated heterocycles. The van der Waals surface area contributed by atoms with Crippen LogP contribution in [0.5, 0.6) is 11.6 Å². The predicted octanol–water partition coefficient (Wildman–Crippen LogP) is 4.44. The van der Waals surface area contributed by atoms with E-state index < -0.39 is 0 Å². The zero-order valence-corrected chi connectivity index (χ0v) is 13.4. The Labute approximate surface area is 128 Å². The van der Waals surface area contributed by atoms with Gasteiger partial charge >= 0.3 is 0 Å². The second kappa shape index (κ2) is 7.41. The van der Waals surface area contributed by atoms with Crippen LogP contribution in [-0.4, -0.2) is 11.5 Å². The van der Waals surface area contributed by atoms with Gasteiger partial charge in [-0.25, -0.2) is 4.98 Å². The second-order valence-corrected chi connectivity index (χ2v) is 5.52. The van der Waals surface area contributed by atoms with Crippen molar-refractivity contribution in [1.82, 2.24) is 10.3 Å². The third kappa shape index (κ3) is 4.32. The fraction of sp³-hybridized carbons (Fsp3) is 0.312. The average Bonchev–Trinajstić information content (AvgIpc) is 2.41. The Morgan fingerprint density at radius 2 is 2.05 bits per heavy atom. The molecule has 0 bridgehead atoms. The summed E-state index contributed by atoms with van der Waals surface area (Å²) < 4.78 is 6.78. The molecule has 0 radical (unpaired) electrons. The molecular formula is C16H19BrN2O. The van der Waals surface area contributed by atoms with Crippen LogP contribution in [0.3, 0.4) is 0 Å². The lowest BCUT2D eigenvalue weighted by Crippen LogP contribution is -2.14. The number of nitrogens with one attached hydrogen (secondary N) is 1. The van der Waals surface area contributed by atoms with Crippen LogP contribution in [0.25, 0.3) is 0 Å². The maximum Gasteiger partial charge on any atom is 0.219 e. The van der Waals surface area contributed by atoms with Crippen LogP contribution in [-0.2, 0) is 6.54 Å². The quantitative estimate of drug-likeness (QED) is 0.792. The summed E-state index contributed by atoms with van der Waals surface area (Å²) in [5, 5.41) is 3.39. The standard InChI is InChI=1S/C16H19BrN2O/c1-3-8-18-11-13-9-12(2)19-16(10-13)20-15-7-5-4-6-14(15)17/h4-7,9-10,18H,3,8,11H2,1-2H3. The van der Waals surface area contributed by atoms with Gasteiger partial charge in [0.15, 0.2) is 0 Å². The fourth-order valence-electron chi connectivity index (χ4n) is 1.91. The van der Waals surface area contributed by atoms with Gasteiger partial charge in [0.25, 0.3) is 0 Å². The molecular weight excluding hydrogens is 316 g/mol. The molecule has 0 aliphatic carbocycles. The highest BCUT2D eigenvalue weighted by molar-refractivity contribution is 9.10. The SMILES string of the molecule is CCCNCc1cc(C)nc(Oc2ccccc2Br)c1. The van der Waals surface area contributed by atoms with Gasteiger partial charge in [0, 0.05) is 18.3 Å². The van der Waals surface area contributed by atoms with Crippen molar-refractivity contribution < 1.29 is 4.74 Å². The minimum absolute atomic E-state index is 0.630. The Kier molecular flexibility index (Phi) is 5.56. The summed E-state index contributed by atoms with van der Waals surface area (Å²) in [6, 6.07) is 11.8. The molecule has 2 aromatic rings. The van der Waals surface area contributed by atoms with Gasteiger partial charge in [0.2, 0.25) is 5.88 Å². The number of halogens is 1. The molecule has 0 amide bonds. The fourth-order valence-corrected chi connectivity index (χ4v) is 2.28. The van der Waals surface area contributed by atoms with Crippen molar-refractivity contribution in [2.24, 2.45) is 0 Å². The summed E-state index contributed by atoms with van der Waals surface area (Å²) in [6.45, 7) is 5.99. The van der Waals surface area contributed by atoms with Crippen LogP contribution >= 0.6 is 15.9 Å². The van der Waals surface area contributed by atoms with Crippen LogP contribution in [0.2, 0.25) is 0 Å². The Hall–Kier alpha value is -1.39. The summed E-state index contributed by atoms with van der Waals surface area (Å²) in [7, 11) is 0. The second-order valence-electron chi connectivity index (χ2n) is 4.66. The lowest BCUT2D eigenvalue weighted by Gasteiger charge is -2.10. The van der Waals surface area contributed by atoms with E-state index in [4.69, 9.17) is 4.74 Å². The zero-order valence-electron chi connectivity index (χ0n) is 11.8. The smallest absolute Gasteiger partial charge is 0.219 e. The molecule has 3 nitrogen and oxygen atoms in total. The highest BCUT2D eigenvalue weighted by Gasteiger charge is 2.05. The third-order valence-corrected chi connectivity index (χ3v) is 3.45. The number of ether oxygens (including phenoxy) is 1. The molecule has 0 aliphatic rings. The van der Waals surface area contributed by atoms with E-state index in [-0.39, 0.29) is 0 Å². The monoisotopic (exact) mass is 334 g/mol. The first kappa shape index (κ1) is 15.0. The molecule has 4 heteroatoms. The Morgan fingerprint density at radius 1 is 1.25 bits per heavy atom. The first-order chi connectivity index (χ1) is 9.69. The van der Waals surface area contributed by atoms with E-state index in [1.807, 2.05) is 37.3 Å². The van der Waals surface area contributed by atoms with Crippen molar-refractivity contribution in [3.63, 3.8) is 0 Å². The molecule has 2 rings (SSSR count). The van der Waals surface area contributed by atoms with Crippen LogP contribution in [0.15, 0.2) is 40.9 Å². The van der Waals surface area contributed by atoms with Gasteiger partial charge in [0.1, 0.15) is 5.75 Å². The van der Waals surface area contributed by atoms with Crippen molar-refractivity contribution in [1.29, 1.82) is 0 Å². The largest absolute Gasteiger partial charge is 0.438 e. The maximum atomic E-state index is 5.85. The van der Waals surface area contributed by atoms with Gasteiger partial charge in [-0.3, -0.25) is 0 Å². The molecule has 1 N–H and O–H groups in total. The topological polar surface area (TPSA) is 34.2 Å². The molecule has 0 fully saturated rings. The van der Waals surface area contributed by atoms with Gasteiger partial charge in [-0.15, -0.1) is 0 Å². The maximum absolute atomic E-state index is 5.85. The average molecular weight is 335 g/mol. The highest BCUT2D eigenvalue weighted by Crippen LogP contribution is 2.28. The number of benzene rings is 1. The van der Waals surface area contributed by atoms with E-state index >= 15 is 0 Å². The number of hydrogen-bond acceptors (Lipinski definition) is 3. The van der Waals surface area contributed by atoms with Gasteiger partial charge < -0.3 is 10.1 Å². The van der Waals surface area contributed by atoms with Crippen LogP contribution in [0.4, 0.5) is 0 Å². The number of pyridine rings is 1. The number of rotatable bonds is 6. The molecule has 106 valence electrons. The Bertz CT molecular complexity index is 572. The number of nitrogens with zero attached hydrogens (tertiary/aromatic N) is 1. The summed E-state index contributed by atoms with van der Waals surface area (Å²) in [6.07, 6.45) is 1.13. The molecule has 20 heavy (non-hydrogen) atoms. The summed E-state index contributed by atoms with van der Waals surface area (Å²) >= 11 is 3.48. The van der Waals surface area contributed by atoms with Crippen molar-refractivity contribution in [3.8, 4) is 11.6 Å². The lowest BCUT2D eigenvalue weighted by molar-refractivity contribution is 0.457. The molecule has 0 unspecified atom stereocenters. The van der Waals surface area contributed by atoms with Gasteiger partial charge in [-0.1, -0.05) is 19.1 Å². The highest BCUT2D eigenvalue weighted by atomic mass is 79.9. The van der Waals surface area contributed by atoms with Crippen molar-refractivity contribution in [2.45, 2.75) is 26.8 Å². The van der Waals surface area contributed by atoms with Gasteiger partial charge in [-0.05, 0) is 59.6 Å². The summed E-state index contributed by atoms with van der Waals surface area (Å²) in [5.74, 6) is 1.41. The van der Waals surface area contributed by atoms with Gasteiger partial charge in [0.05, 0.1) is 4.47 Å². The minimum Gasteiger partial charge on any atom is -0.438 e. The number of aromatic nitrogens is 1. The summed E-state index contributed by atoms with van der Waals surface area (Å²) in [5.41, 5.74) is 2.15. The predicted molar refractivity (Wildman–Crippen MR) is 85.2 cm³/mol. The zero-order chi connectivity index (χ0) is 14.4. The molecule has 0 aliphatic heterocycles. The van der Waals surface area contributed by atoms with E-state index in [1.165, 1.54) is 5.56 Å². The van der Waals surface area contributed by atoms with E-state index in [9.17, 15) is 0 Å². The van der Waals surface area contributed by atoms with Crippen molar-refractivity contribution in [2.75, 3.05) is 6.54 Å². The molecule has 0 atom stereocenters. The third-order valence-electron chi connectivity index (χ3n) is 2.80.